The monoisotopic (exact) mass is 455 g/mol. The van der Waals surface area contributed by atoms with Gasteiger partial charge in [0.15, 0.2) is 5.75 Å². The molecule has 4 nitrogen and oxygen atoms in total. The van der Waals surface area contributed by atoms with Crippen LogP contribution in [0.25, 0.3) is 0 Å². The van der Waals surface area contributed by atoms with E-state index in [4.69, 9.17) is 4.74 Å². The molecule has 104 valence electrons. The van der Waals surface area contributed by atoms with Gasteiger partial charge in [-0.2, -0.15) is 0 Å². The Morgan fingerprint density at radius 3 is 2.11 bits per heavy atom. The Labute approximate surface area is 135 Å². The van der Waals surface area contributed by atoms with Gasteiger partial charge >= 0.3 is 5.97 Å². The molecule has 0 atom stereocenters. The predicted octanol–water partition coefficient (Wildman–Crippen LogP) is 3.19. The molecule has 0 saturated heterocycles. The Hall–Kier alpha value is -0.400. The molecule has 0 aliphatic heterocycles. The summed E-state index contributed by atoms with van der Waals surface area (Å²) in [6, 6.07) is 3.53. The quantitative estimate of drug-likeness (QED) is 0.374. The second kappa shape index (κ2) is 8.01. The molecule has 7 heteroatoms. The van der Waals surface area contributed by atoms with Crippen LogP contribution in [0, 0.1) is 0 Å². The van der Waals surface area contributed by atoms with E-state index < -0.39 is 11.9 Å². The van der Waals surface area contributed by atoms with Gasteiger partial charge in [0.2, 0.25) is 0 Å². The largest absolute Gasteiger partial charge is 0.550 e. The van der Waals surface area contributed by atoms with Gasteiger partial charge in [-0.3, -0.25) is 4.79 Å². The van der Waals surface area contributed by atoms with Crippen molar-refractivity contribution in [2.45, 2.75) is 25.7 Å². The molecule has 0 unspecified atom stereocenters. The van der Waals surface area contributed by atoms with E-state index in [0.717, 1.165) is 4.47 Å². The highest BCUT2D eigenvalue weighted by molar-refractivity contribution is 9.11. The number of esters is 1. The minimum Gasteiger partial charge on any atom is -0.550 e. The molecule has 0 N–H and O–H groups in total. The van der Waals surface area contributed by atoms with Gasteiger partial charge in [0.1, 0.15) is 0 Å². The number of hydrogen-bond acceptors (Lipinski definition) is 4. The van der Waals surface area contributed by atoms with Gasteiger partial charge in [-0.05, 0) is 63.3 Å². The molecule has 0 heterocycles. The SMILES string of the molecule is O=C([O-])CCCCC(=O)Oc1c(Br)cc(Br)cc1Br. The fourth-order valence-corrected chi connectivity index (χ4v) is 3.75. The highest BCUT2D eigenvalue weighted by Gasteiger charge is 2.12. The van der Waals surface area contributed by atoms with Crippen LogP contribution >= 0.6 is 47.8 Å². The Morgan fingerprint density at radius 2 is 1.58 bits per heavy atom. The fraction of sp³-hybridized carbons (Fsp3) is 0.333. The summed E-state index contributed by atoms with van der Waals surface area (Å²) >= 11 is 9.92. The van der Waals surface area contributed by atoms with Gasteiger partial charge in [0, 0.05) is 16.9 Å². The van der Waals surface area contributed by atoms with Crippen LogP contribution in [-0.2, 0) is 9.59 Å². The number of halogens is 3. The Bertz CT molecular complexity index is 465. The van der Waals surface area contributed by atoms with Crippen LogP contribution in [0.4, 0.5) is 0 Å². The molecular weight excluding hydrogens is 448 g/mol. The molecule has 1 aromatic carbocycles. The molecule has 19 heavy (non-hydrogen) atoms. The van der Waals surface area contributed by atoms with Crippen LogP contribution in [0.3, 0.4) is 0 Å². The zero-order chi connectivity index (χ0) is 14.4. The normalized spacial score (nSPS) is 10.3. The first-order chi connectivity index (χ1) is 8.90. The predicted molar refractivity (Wildman–Crippen MR) is 78.7 cm³/mol. The van der Waals surface area contributed by atoms with Crippen molar-refractivity contribution in [1.82, 2.24) is 0 Å². The molecule has 0 aromatic heterocycles. The number of unbranched alkanes of at least 4 members (excludes halogenated alkanes) is 1. The lowest BCUT2D eigenvalue weighted by Gasteiger charge is -2.09. The van der Waals surface area contributed by atoms with E-state index in [1.54, 1.807) is 12.1 Å². The number of rotatable bonds is 6. The average molecular weight is 458 g/mol. The lowest BCUT2D eigenvalue weighted by molar-refractivity contribution is -0.305. The molecule has 0 spiro atoms. The van der Waals surface area contributed by atoms with Gasteiger partial charge in [0.05, 0.1) is 8.95 Å². The Balaban J connectivity index is 2.51. The van der Waals surface area contributed by atoms with E-state index in [1.807, 2.05) is 0 Å². The zero-order valence-corrected chi connectivity index (χ0v) is 14.5. The van der Waals surface area contributed by atoms with Gasteiger partial charge < -0.3 is 14.6 Å². The molecule has 0 aliphatic rings. The van der Waals surface area contributed by atoms with Crippen molar-refractivity contribution in [2.75, 3.05) is 0 Å². The van der Waals surface area contributed by atoms with E-state index in [1.165, 1.54) is 0 Å². The van der Waals surface area contributed by atoms with E-state index in [0.29, 0.717) is 27.5 Å². The maximum absolute atomic E-state index is 11.6. The molecule has 0 fully saturated rings. The van der Waals surface area contributed by atoms with Crippen LogP contribution < -0.4 is 9.84 Å². The lowest BCUT2D eigenvalue weighted by Crippen LogP contribution is -2.21. The molecule has 0 aliphatic carbocycles. The maximum Gasteiger partial charge on any atom is 0.311 e. The lowest BCUT2D eigenvalue weighted by atomic mass is 10.2. The molecule has 1 aromatic rings. The van der Waals surface area contributed by atoms with Crippen molar-refractivity contribution in [2.24, 2.45) is 0 Å². The van der Waals surface area contributed by atoms with Crippen molar-refractivity contribution in [3.05, 3.63) is 25.6 Å². The molecule has 1 rings (SSSR count). The Kier molecular flexibility index (Phi) is 7.02. The highest BCUT2D eigenvalue weighted by Crippen LogP contribution is 2.36. The second-order valence-corrected chi connectivity index (χ2v) is 6.38. The van der Waals surface area contributed by atoms with Crippen LogP contribution in [0.1, 0.15) is 25.7 Å². The van der Waals surface area contributed by atoms with E-state index >= 15 is 0 Å². The van der Waals surface area contributed by atoms with Crippen molar-refractivity contribution < 1.29 is 19.4 Å². The van der Waals surface area contributed by atoms with Crippen molar-refractivity contribution in [1.29, 1.82) is 0 Å². The highest BCUT2D eigenvalue weighted by atomic mass is 79.9. The molecule has 0 bridgehead atoms. The third-order valence-corrected chi connectivity index (χ3v) is 3.83. The third kappa shape index (κ3) is 6.05. The van der Waals surface area contributed by atoms with Crippen LogP contribution in [-0.4, -0.2) is 11.9 Å². The maximum atomic E-state index is 11.6. The van der Waals surface area contributed by atoms with Gasteiger partial charge in [0.25, 0.3) is 0 Å². The first kappa shape index (κ1) is 16.7. The van der Waals surface area contributed by atoms with Crippen LogP contribution in [0.2, 0.25) is 0 Å². The number of carboxylic acid groups (broad SMARTS) is 1. The summed E-state index contributed by atoms with van der Waals surface area (Å²) in [5, 5.41) is 10.2. The summed E-state index contributed by atoms with van der Waals surface area (Å²) in [4.78, 5) is 21.8. The number of ether oxygens (including phenoxy) is 1. The van der Waals surface area contributed by atoms with E-state index in [9.17, 15) is 14.7 Å². The summed E-state index contributed by atoms with van der Waals surface area (Å²) < 4.78 is 7.37. The summed E-state index contributed by atoms with van der Waals surface area (Å²) in [6.45, 7) is 0. The molecule has 0 amide bonds. The van der Waals surface area contributed by atoms with Crippen molar-refractivity contribution in [3.63, 3.8) is 0 Å². The number of benzene rings is 1. The number of aliphatic carboxylic acids is 1. The standard InChI is InChI=1S/C12H11Br3O4/c13-7-5-8(14)12(9(15)6-7)19-11(18)4-2-1-3-10(16)17/h5-6H,1-4H2,(H,16,17)/p-1. The van der Waals surface area contributed by atoms with Crippen molar-refractivity contribution in [3.8, 4) is 5.75 Å². The summed E-state index contributed by atoms with van der Waals surface area (Å²) in [5.74, 6) is -1.10. The molecular formula is C12H10Br3O4-. The van der Waals surface area contributed by atoms with E-state index in [-0.39, 0.29) is 12.8 Å². The number of carboxylic acids is 1. The topological polar surface area (TPSA) is 66.4 Å². The summed E-state index contributed by atoms with van der Waals surface area (Å²) in [5.41, 5.74) is 0. The van der Waals surface area contributed by atoms with Gasteiger partial charge in [-0.15, -0.1) is 0 Å². The number of carbonyl (C=O) groups excluding carboxylic acids is 2. The molecule has 0 radical (unpaired) electrons. The minimum absolute atomic E-state index is 0.0427. The third-order valence-electron chi connectivity index (χ3n) is 2.19. The minimum atomic E-state index is -1.10. The fourth-order valence-electron chi connectivity index (χ4n) is 1.33. The van der Waals surface area contributed by atoms with Crippen molar-refractivity contribution >= 4 is 59.7 Å². The van der Waals surface area contributed by atoms with E-state index in [2.05, 4.69) is 47.8 Å². The average Bonchev–Trinajstić information content (AvgIpc) is 2.29. The smallest absolute Gasteiger partial charge is 0.311 e. The Morgan fingerprint density at radius 1 is 1.05 bits per heavy atom. The van der Waals surface area contributed by atoms with Crippen LogP contribution in [0.15, 0.2) is 25.6 Å². The van der Waals surface area contributed by atoms with Crippen LogP contribution in [0.5, 0.6) is 5.75 Å². The first-order valence-corrected chi connectivity index (χ1v) is 7.83. The van der Waals surface area contributed by atoms with Gasteiger partial charge in [-0.25, -0.2) is 0 Å². The number of hydrogen-bond donors (Lipinski definition) is 0. The van der Waals surface area contributed by atoms with Gasteiger partial charge in [-0.1, -0.05) is 15.9 Å². The second-order valence-electron chi connectivity index (χ2n) is 3.75. The summed E-state index contributed by atoms with van der Waals surface area (Å²) in [6.07, 6.45) is 0.986. The molecule has 0 saturated carbocycles. The summed E-state index contributed by atoms with van der Waals surface area (Å²) in [7, 11) is 0. The zero-order valence-electron chi connectivity index (χ0n) is 9.75. The number of carbonyl (C=O) groups is 2. The first-order valence-electron chi connectivity index (χ1n) is 5.45.